The van der Waals surface area contributed by atoms with Gasteiger partial charge >= 0.3 is 0 Å². The van der Waals surface area contributed by atoms with Gasteiger partial charge in [-0.15, -0.1) is 0 Å². The van der Waals surface area contributed by atoms with Crippen molar-refractivity contribution < 1.29 is 14.1 Å². The fraction of sp³-hybridized carbons (Fsp3) is 0.308. The van der Waals surface area contributed by atoms with Crippen LogP contribution in [0, 0.1) is 13.8 Å². The molecule has 0 aliphatic carbocycles. The van der Waals surface area contributed by atoms with E-state index in [1.165, 1.54) is 0 Å². The van der Waals surface area contributed by atoms with Crippen molar-refractivity contribution >= 4 is 11.6 Å². The van der Waals surface area contributed by atoms with Crippen molar-refractivity contribution in [2.75, 3.05) is 12.4 Å². The fourth-order valence-electron chi connectivity index (χ4n) is 1.67. The SMILES string of the molecule is COc1ccc(C)cc1NC(=O)Cc1noc(C)n1. The summed E-state index contributed by atoms with van der Waals surface area (Å²) < 4.78 is 10.0. The van der Waals surface area contributed by atoms with Crippen LogP contribution in [0.5, 0.6) is 5.75 Å². The number of nitrogens with zero attached hydrogens (tertiary/aromatic N) is 2. The van der Waals surface area contributed by atoms with E-state index in [2.05, 4.69) is 15.5 Å². The number of hydrogen-bond donors (Lipinski definition) is 1. The van der Waals surface area contributed by atoms with E-state index < -0.39 is 0 Å². The van der Waals surface area contributed by atoms with Gasteiger partial charge in [-0.25, -0.2) is 0 Å². The predicted octanol–water partition coefficient (Wildman–Crippen LogP) is 1.88. The molecule has 1 aromatic carbocycles. The minimum absolute atomic E-state index is 0.0639. The number of aryl methyl sites for hydroxylation is 2. The fourth-order valence-corrected chi connectivity index (χ4v) is 1.67. The molecule has 0 spiro atoms. The zero-order chi connectivity index (χ0) is 13.8. The lowest BCUT2D eigenvalue weighted by Gasteiger charge is -2.10. The van der Waals surface area contributed by atoms with Gasteiger partial charge in [-0.1, -0.05) is 11.2 Å². The minimum atomic E-state index is -0.218. The maximum absolute atomic E-state index is 11.9. The maximum atomic E-state index is 11.9. The van der Waals surface area contributed by atoms with Crippen molar-refractivity contribution in [3.8, 4) is 5.75 Å². The first-order chi connectivity index (χ1) is 9.08. The molecule has 1 heterocycles. The summed E-state index contributed by atoms with van der Waals surface area (Å²) in [5.41, 5.74) is 1.67. The Morgan fingerprint density at radius 3 is 2.84 bits per heavy atom. The first-order valence-electron chi connectivity index (χ1n) is 5.82. The summed E-state index contributed by atoms with van der Waals surface area (Å²) in [6.07, 6.45) is 0.0639. The topological polar surface area (TPSA) is 77.2 Å². The van der Waals surface area contributed by atoms with Crippen LogP contribution in [0.4, 0.5) is 5.69 Å². The Kier molecular flexibility index (Phi) is 3.79. The molecule has 0 aliphatic heterocycles. The third-order valence-electron chi connectivity index (χ3n) is 2.52. The number of rotatable bonds is 4. The summed E-state index contributed by atoms with van der Waals surface area (Å²) in [6, 6.07) is 5.57. The Hall–Kier alpha value is -2.37. The van der Waals surface area contributed by atoms with Gasteiger partial charge in [0.05, 0.1) is 19.2 Å². The van der Waals surface area contributed by atoms with Crippen LogP contribution >= 0.6 is 0 Å². The van der Waals surface area contributed by atoms with Gasteiger partial charge in [-0.3, -0.25) is 4.79 Å². The lowest BCUT2D eigenvalue weighted by Crippen LogP contribution is -2.16. The van der Waals surface area contributed by atoms with Gasteiger partial charge in [0, 0.05) is 6.92 Å². The summed E-state index contributed by atoms with van der Waals surface area (Å²) in [5, 5.41) is 6.45. The highest BCUT2D eigenvalue weighted by molar-refractivity contribution is 5.93. The van der Waals surface area contributed by atoms with Crippen molar-refractivity contribution in [3.63, 3.8) is 0 Å². The molecule has 1 aromatic heterocycles. The molecule has 0 unspecified atom stereocenters. The molecule has 100 valence electrons. The molecule has 0 bridgehead atoms. The molecule has 0 aliphatic rings. The summed E-state index contributed by atoms with van der Waals surface area (Å²) in [4.78, 5) is 15.9. The second-order valence-electron chi connectivity index (χ2n) is 4.16. The van der Waals surface area contributed by atoms with Crippen molar-refractivity contribution in [3.05, 3.63) is 35.5 Å². The number of hydrogen-bond acceptors (Lipinski definition) is 5. The van der Waals surface area contributed by atoms with Crippen LogP contribution in [-0.2, 0) is 11.2 Å². The van der Waals surface area contributed by atoms with Crippen LogP contribution in [-0.4, -0.2) is 23.2 Å². The molecule has 2 aromatic rings. The second-order valence-corrected chi connectivity index (χ2v) is 4.16. The Bertz CT molecular complexity index is 593. The zero-order valence-corrected chi connectivity index (χ0v) is 11.1. The first-order valence-corrected chi connectivity index (χ1v) is 5.82. The lowest BCUT2D eigenvalue weighted by atomic mass is 10.2. The van der Waals surface area contributed by atoms with E-state index in [9.17, 15) is 4.79 Å². The zero-order valence-electron chi connectivity index (χ0n) is 11.1. The minimum Gasteiger partial charge on any atom is -0.495 e. The first kappa shape index (κ1) is 13.1. The normalized spacial score (nSPS) is 10.3. The summed E-state index contributed by atoms with van der Waals surface area (Å²) in [7, 11) is 1.56. The quantitative estimate of drug-likeness (QED) is 0.909. The molecule has 0 fully saturated rings. The molecule has 0 atom stereocenters. The molecule has 2 rings (SSSR count). The number of carbonyl (C=O) groups excluding carboxylic acids is 1. The van der Waals surface area contributed by atoms with E-state index in [1.54, 1.807) is 14.0 Å². The Labute approximate surface area is 110 Å². The summed E-state index contributed by atoms with van der Waals surface area (Å²) >= 11 is 0. The monoisotopic (exact) mass is 261 g/mol. The number of anilines is 1. The van der Waals surface area contributed by atoms with Gasteiger partial charge in [-0.2, -0.15) is 4.98 Å². The number of carbonyl (C=O) groups is 1. The number of benzene rings is 1. The highest BCUT2D eigenvalue weighted by atomic mass is 16.5. The van der Waals surface area contributed by atoms with E-state index in [1.807, 2.05) is 25.1 Å². The third kappa shape index (κ3) is 3.31. The van der Waals surface area contributed by atoms with Gasteiger partial charge in [0.1, 0.15) is 5.75 Å². The molecule has 6 nitrogen and oxygen atoms in total. The smallest absolute Gasteiger partial charge is 0.232 e. The third-order valence-corrected chi connectivity index (χ3v) is 2.52. The highest BCUT2D eigenvalue weighted by Gasteiger charge is 2.11. The number of nitrogens with one attached hydrogen (secondary N) is 1. The van der Waals surface area contributed by atoms with Gasteiger partial charge in [0.25, 0.3) is 0 Å². The summed E-state index contributed by atoms with van der Waals surface area (Å²) in [6.45, 7) is 3.62. The van der Waals surface area contributed by atoms with Gasteiger partial charge in [0.15, 0.2) is 5.82 Å². The van der Waals surface area contributed by atoms with E-state index in [-0.39, 0.29) is 12.3 Å². The number of ether oxygens (including phenoxy) is 1. The van der Waals surface area contributed by atoms with Crippen LogP contribution in [0.1, 0.15) is 17.3 Å². The van der Waals surface area contributed by atoms with Crippen LogP contribution in [0.15, 0.2) is 22.7 Å². The van der Waals surface area contributed by atoms with E-state index in [0.717, 1.165) is 5.56 Å². The van der Waals surface area contributed by atoms with Crippen molar-refractivity contribution in [2.45, 2.75) is 20.3 Å². The van der Waals surface area contributed by atoms with Crippen LogP contribution in [0.25, 0.3) is 0 Å². The van der Waals surface area contributed by atoms with E-state index >= 15 is 0 Å². The second kappa shape index (κ2) is 5.51. The standard InChI is InChI=1S/C13H15N3O3/c1-8-4-5-11(18-3)10(6-8)15-13(17)7-12-14-9(2)19-16-12/h4-6H,7H2,1-3H3,(H,15,17). The Balaban J connectivity index is 2.08. The molecule has 0 saturated carbocycles. The van der Waals surface area contributed by atoms with Gasteiger partial charge < -0.3 is 14.6 Å². The van der Waals surface area contributed by atoms with Gasteiger partial charge in [0.2, 0.25) is 11.8 Å². The van der Waals surface area contributed by atoms with Crippen LogP contribution < -0.4 is 10.1 Å². The van der Waals surface area contributed by atoms with Crippen LogP contribution in [0.2, 0.25) is 0 Å². The molecule has 0 saturated heterocycles. The average molecular weight is 261 g/mol. The van der Waals surface area contributed by atoms with Crippen molar-refractivity contribution in [1.29, 1.82) is 0 Å². The largest absolute Gasteiger partial charge is 0.495 e. The Morgan fingerprint density at radius 2 is 2.21 bits per heavy atom. The number of methoxy groups -OCH3 is 1. The molecular formula is C13H15N3O3. The van der Waals surface area contributed by atoms with E-state index in [0.29, 0.717) is 23.2 Å². The number of aromatic nitrogens is 2. The average Bonchev–Trinajstić information content (AvgIpc) is 2.75. The van der Waals surface area contributed by atoms with Crippen LogP contribution in [0.3, 0.4) is 0 Å². The summed E-state index contributed by atoms with van der Waals surface area (Å²) in [5.74, 6) is 1.20. The molecule has 6 heteroatoms. The molecule has 19 heavy (non-hydrogen) atoms. The number of amides is 1. The molecule has 1 amide bonds. The van der Waals surface area contributed by atoms with Gasteiger partial charge in [-0.05, 0) is 24.6 Å². The van der Waals surface area contributed by atoms with E-state index in [4.69, 9.17) is 9.26 Å². The lowest BCUT2D eigenvalue weighted by molar-refractivity contribution is -0.115. The van der Waals surface area contributed by atoms with Crippen molar-refractivity contribution in [2.24, 2.45) is 0 Å². The Morgan fingerprint density at radius 1 is 1.42 bits per heavy atom. The molecular weight excluding hydrogens is 246 g/mol. The molecule has 0 radical (unpaired) electrons. The predicted molar refractivity (Wildman–Crippen MR) is 69.1 cm³/mol. The highest BCUT2D eigenvalue weighted by Crippen LogP contribution is 2.25. The molecule has 1 N–H and O–H groups in total. The van der Waals surface area contributed by atoms with Crippen molar-refractivity contribution in [1.82, 2.24) is 10.1 Å². The maximum Gasteiger partial charge on any atom is 0.232 e.